The van der Waals surface area contributed by atoms with Gasteiger partial charge in [-0.1, -0.05) is 69.3 Å². The van der Waals surface area contributed by atoms with Crippen molar-refractivity contribution in [3.63, 3.8) is 0 Å². The molecule has 2 unspecified atom stereocenters. The second kappa shape index (κ2) is 20.0. The smallest absolute Gasteiger partial charge is 0.308 e. The lowest BCUT2D eigenvalue weighted by Crippen LogP contribution is -2.31. The number of aliphatic hydroxyl groups is 2. The lowest BCUT2D eigenvalue weighted by molar-refractivity contribution is -0.779. The second-order valence-electron chi connectivity index (χ2n) is 13.2. The fourth-order valence-electron chi connectivity index (χ4n) is 6.40. The van der Waals surface area contributed by atoms with Crippen molar-refractivity contribution in [2.24, 2.45) is 0 Å². The Kier molecular flexibility index (Phi) is 15.2. The summed E-state index contributed by atoms with van der Waals surface area (Å²) in [5.41, 5.74) is 4.31. The van der Waals surface area contributed by atoms with Gasteiger partial charge in [0.1, 0.15) is 24.6 Å². The van der Waals surface area contributed by atoms with E-state index in [1.807, 2.05) is 66.9 Å². The van der Waals surface area contributed by atoms with Gasteiger partial charge in [-0.3, -0.25) is 9.59 Å². The van der Waals surface area contributed by atoms with Crippen LogP contribution in [0.15, 0.2) is 84.9 Å². The van der Waals surface area contributed by atoms with Gasteiger partial charge < -0.3 is 34.5 Å². The predicted molar refractivity (Wildman–Crippen MR) is 199 cm³/mol. The SMILES string of the molecule is CCC(CC(COC(=O)C[C@H](O)C[C@H](O)CCn1c(-c2ccc(F)cc2)c(-c2ccccc2)c(C(=O)Nc2ccccc2)c1C(C)C)O[N+](=O)[O-])O[N+](=O)[O-]. The minimum absolute atomic E-state index is 0.0796. The van der Waals surface area contributed by atoms with E-state index in [9.17, 15) is 44.4 Å². The molecule has 0 aliphatic rings. The molecule has 4 rings (SSSR count). The molecule has 0 saturated heterocycles. The molecule has 1 amide bonds. The molecule has 0 fully saturated rings. The topological polar surface area (TPSA) is 206 Å². The number of nitrogens with one attached hydrogen (secondary N) is 1. The van der Waals surface area contributed by atoms with Crippen LogP contribution < -0.4 is 5.32 Å². The maximum atomic E-state index is 14.2. The van der Waals surface area contributed by atoms with Crippen molar-refractivity contribution < 1.29 is 48.8 Å². The highest BCUT2D eigenvalue weighted by Crippen LogP contribution is 2.42. The lowest BCUT2D eigenvalue weighted by Gasteiger charge is -2.21. The lowest BCUT2D eigenvalue weighted by atomic mass is 9.94. The van der Waals surface area contributed by atoms with Crippen LogP contribution in [-0.4, -0.2) is 67.9 Å². The first-order valence-electron chi connectivity index (χ1n) is 17.8. The van der Waals surface area contributed by atoms with Crippen molar-refractivity contribution in [3.05, 3.63) is 122 Å². The van der Waals surface area contributed by atoms with Crippen molar-refractivity contribution in [2.75, 3.05) is 11.9 Å². The molecule has 16 heteroatoms. The Bertz CT molecular complexity index is 1890. The molecule has 0 spiro atoms. The average Bonchev–Trinajstić information content (AvgIpc) is 3.49. The summed E-state index contributed by atoms with van der Waals surface area (Å²) in [6.07, 6.45) is -5.81. The van der Waals surface area contributed by atoms with E-state index in [2.05, 4.69) is 15.0 Å². The third kappa shape index (κ3) is 12.1. The number of carbonyl (C=O) groups is 2. The van der Waals surface area contributed by atoms with Gasteiger partial charge in [-0.2, -0.15) is 0 Å². The first kappa shape index (κ1) is 41.9. The zero-order valence-electron chi connectivity index (χ0n) is 30.7. The third-order valence-electron chi connectivity index (χ3n) is 8.80. The van der Waals surface area contributed by atoms with Crippen LogP contribution in [0.5, 0.6) is 0 Å². The van der Waals surface area contributed by atoms with Gasteiger partial charge in [0.05, 0.1) is 29.9 Å². The number of nitrogens with zero attached hydrogens (tertiary/aromatic N) is 3. The Morgan fingerprint density at radius 3 is 2.02 bits per heavy atom. The molecule has 4 atom stereocenters. The summed E-state index contributed by atoms with van der Waals surface area (Å²) in [5, 5.41) is 44.4. The Labute approximate surface area is 316 Å². The molecular weight excluding hydrogens is 719 g/mol. The zero-order chi connectivity index (χ0) is 40.1. The Morgan fingerprint density at radius 1 is 0.836 bits per heavy atom. The van der Waals surface area contributed by atoms with Crippen molar-refractivity contribution in [1.29, 1.82) is 0 Å². The number of anilines is 1. The summed E-state index contributed by atoms with van der Waals surface area (Å²) in [6.45, 7) is 4.99. The van der Waals surface area contributed by atoms with E-state index in [1.54, 1.807) is 31.2 Å². The Hall–Kier alpha value is -5.87. The number of hydrogen-bond donors (Lipinski definition) is 3. The van der Waals surface area contributed by atoms with Gasteiger partial charge >= 0.3 is 5.97 Å². The molecule has 0 saturated carbocycles. The predicted octanol–water partition coefficient (Wildman–Crippen LogP) is 6.73. The van der Waals surface area contributed by atoms with Crippen molar-refractivity contribution >= 4 is 17.6 Å². The number of benzene rings is 3. The van der Waals surface area contributed by atoms with Crippen molar-refractivity contribution in [3.8, 4) is 22.4 Å². The minimum Gasteiger partial charge on any atom is -0.463 e. The summed E-state index contributed by atoms with van der Waals surface area (Å²) in [5.74, 6) is -1.93. The molecule has 1 aromatic heterocycles. The zero-order valence-corrected chi connectivity index (χ0v) is 30.7. The van der Waals surface area contributed by atoms with Gasteiger partial charge in [0.2, 0.25) is 0 Å². The molecule has 55 heavy (non-hydrogen) atoms. The van der Waals surface area contributed by atoms with E-state index in [4.69, 9.17) is 4.74 Å². The summed E-state index contributed by atoms with van der Waals surface area (Å²) < 4.78 is 21.2. The first-order valence-corrected chi connectivity index (χ1v) is 17.8. The molecular formula is C39H45FN4O11. The number of aromatic nitrogens is 1. The largest absolute Gasteiger partial charge is 0.463 e. The number of aliphatic hydroxyl groups excluding tert-OH is 2. The number of hydrogen-bond acceptors (Lipinski definition) is 11. The molecule has 0 radical (unpaired) electrons. The summed E-state index contributed by atoms with van der Waals surface area (Å²) >= 11 is 0. The van der Waals surface area contributed by atoms with E-state index in [0.717, 1.165) is 5.56 Å². The maximum absolute atomic E-state index is 14.2. The van der Waals surface area contributed by atoms with Crippen LogP contribution in [0, 0.1) is 26.0 Å². The van der Waals surface area contributed by atoms with E-state index < -0.39 is 59.4 Å². The van der Waals surface area contributed by atoms with E-state index >= 15 is 0 Å². The Balaban J connectivity index is 1.57. The van der Waals surface area contributed by atoms with Crippen molar-refractivity contribution in [2.45, 2.75) is 89.8 Å². The number of para-hydroxylation sites is 1. The highest BCUT2D eigenvalue weighted by molar-refractivity contribution is 6.12. The van der Waals surface area contributed by atoms with Crippen LogP contribution in [0.2, 0.25) is 0 Å². The summed E-state index contributed by atoms with van der Waals surface area (Å²) in [4.78, 5) is 57.5. The van der Waals surface area contributed by atoms with Crippen LogP contribution in [0.4, 0.5) is 10.1 Å². The van der Waals surface area contributed by atoms with Crippen LogP contribution in [0.1, 0.15) is 74.8 Å². The van der Waals surface area contributed by atoms with Gasteiger partial charge in [-0.15, -0.1) is 20.2 Å². The normalized spacial score (nSPS) is 13.4. The van der Waals surface area contributed by atoms with Gasteiger partial charge in [0.25, 0.3) is 16.1 Å². The summed E-state index contributed by atoms with van der Waals surface area (Å²) in [7, 11) is 0. The molecule has 4 aromatic rings. The first-order chi connectivity index (χ1) is 26.3. The number of ether oxygens (including phenoxy) is 1. The molecule has 15 nitrogen and oxygen atoms in total. The number of halogens is 1. The molecule has 3 N–H and O–H groups in total. The molecule has 1 heterocycles. The molecule has 0 aliphatic heterocycles. The van der Waals surface area contributed by atoms with Gasteiger partial charge in [-0.25, -0.2) is 4.39 Å². The minimum atomic E-state index is -1.36. The standard InChI is InChI=1S/C39H45FN4O11/c1-4-32(54-43(49)50)23-33(55-44(51)52)24-53-34(47)22-31(46)21-30(45)19-20-42-37(25(2)3)36(39(48)41-29-13-9-6-10-14-29)35(26-11-7-5-8-12-26)38(42)27-15-17-28(40)18-16-27/h5-18,25,30-33,45-46H,4,19-24H2,1-3H3,(H,41,48)/t30-,31-,32?,33?/m1/s1. The third-order valence-corrected chi connectivity index (χ3v) is 8.80. The quantitative estimate of drug-likeness (QED) is 0.0461. The molecule has 0 bridgehead atoms. The average molecular weight is 765 g/mol. The van der Waals surface area contributed by atoms with Gasteiger partial charge in [0, 0.05) is 29.9 Å². The van der Waals surface area contributed by atoms with Crippen LogP contribution in [0.25, 0.3) is 22.4 Å². The van der Waals surface area contributed by atoms with Crippen molar-refractivity contribution in [1.82, 2.24) is 4.57 Å². The monoisotopic (exact) mass is 764 g/mol. The number of amides is 1. The Morgan fingerprint density at radius 2 is 1.44 bits per heavy atom. The van der Waals surface area contributed by atoms with E-state index in [-0.39, 0.29) is 44.1 Å². The maximum Gasteiger partial charge on any atom is 0.308 e. The van der Waals surface area contributed by atoms with E-state index in [1.165, 1.54) is 12.1 Å². The fraction of sp³-hybridized carbons (Fsp3) is 0.385. The number of rotatable bonds is 21. The van der Waals surface area contributed by atoms with Gasteiger partial charge in [-0.05, 0) is 72.7 Å². The molecule has 0 aliphatic carbocycles. The number of esters is 1. The van der Waals surface area contributed by atoms with Crippen LogP contribution in [-0.2, 0) is 25.8 Å². The fourth-order valence-corrected chi connectivity index (χ4v) is 6.40. The van der Waals surface area contributed by atoms with Crippen LogP contribution in [0.3, 0.4) is 0 Å². The molecule has 294 valence electrons. The number of carbonyl (C=O) groups excluding carboxylic acids is 2. The van der Waals surface area contributed by atoms with Crippen LogP contribution >= 0.6 is 0 Å². The second-order valence-corrected chi connectivity index (χ2v) is 13.2. The summed E-state index contributed by atoms with van der Waals surface area (Å²) in [6, 6.07) is 24.3. The highest BCUT2D eigenvalue weighted by Gasteiger charge is 2.31. The highest BCUT2D eigenvalue weighted by atomic mass is 19.1. The molecule has 3 aromatic carbocycles. The van der Waals surface area contributed by atoms with E-state index in [0.29, 0.717) is 33.8 Å². The van der Waals surface area contributed by atoms with Gasteiger partial charge in [0.15, 0.2) is 0 Å².